The van der Waals surface area contributed by atoms with Gasteiger partial charge in [-0.2, -0.15) is 4.31 Å². The average molecular weight is 270 g/mol. The largest absolute Gasteiger partial charge is 0.314 e. The molecule has 0 spiro atoms. The normalized spacial score (nSPS) is 16.8. The van der Waals surface area contributed by atoms with Crippen LogP contribution in [0.5, 0.6) is 0 Å². The van der Waals surface area contributed by atoms with Crippen LogP contribution in [0, 0.1) is 6.92 Å². The van der Waals surface area contributed by atoms with Gasteiger partial charge in [0.25, 0.3) is 0 Å². The molecule has 0 unspecified atom stereocenters. The molecule has 0 aliphatic carbocycles. The zero-order valence-electron chi connectivity index (χ0n) is 11.3. The SMILES string of the molecule is CC.Cc1ccccc1S(=O)(=O)N1CCNCC1. The Morgan fingerprint density at radius 3 is 2.22 bits per heavy atom. The Kier molecular flexibility index (Phi) is 5.78. The molecule has 1 saturated heterocycles. The first-order chi connectivity index (χ1) is 8.62. The lowest BCUT2D eigenvalue weighted by atomic mass is 10.2. The Bertz CT molecular complexity index is 466. The van der Waals surface area contributed by atoms with Crippen LogP contribution in [0.4, 0.5) is 0 Å². The molecule has 102 valence electrons. The fourth-order valence-electron chi connectivity index (χ4n) is 1.87. The lowest BCUT2D eigenvalue weighted by molar-refractivity contribution is 0.360. The predicted octanol–water partition coefficient (Wildman–Crippen LogP) is 1.62. The molecule has 2 rings (SSSR count). The number of hydrogen-bond donors (Lipinski definition) is 1. The highest BCUT2D eigenvalue weighted by molar-refractivity contribution is 7.89. The van der Waals surface area contributed by atoms with Crippen molar-refractivity contribution in [3.63, 3.8) is 0 Å². The second-order valence-electron chi connectivity index (χ2n) is 3.92. The number of rotatable bonds is 2. The summed E-state index contributed by atoms with van der Waals surface area (Å²) in [5, 5.41) is 3.15. The van der Waals surface area contributed by atoms with Gasteiger partial charge in [-0.05, 0) is 18.6 Å². The third-order valence-electron chi connectivity index (χ3n) is 2.79. The summed E-state index contributed by atoms with van der Waals surface area (Å²) in [5.74, 6) is 0. The van der Waals surface area contributed by atoms with Gasteiger partial charge < -0.3 is 5.32 Å². The molecule has 1 aromatic rings. The van der Waals surface area contributed by atoms with Crippen LogP contribution < -0.4 is 5.32 Å². The summed E-state index contributed by atoms with van der Waals surface area (Å²) < 4.78 is 26.2. The highest BCUT2D eigenvalue weighted by Crippen LogP contribution is 2.19. The summed E-state index contributed by atoms with van der Waals surface area (Å²) in [4.78, 5) is 0.428. The number of piperazine rings is 1. The smallest absolute Gasteiger partial charge is 0.243 e. The van der Waals surface area contributed by atoms with Crippen LogP contribution in [0.3, 0.4) is 0 Å². The van der Waals surface area contributed by atoms with E-state index in [4.69, 9.17) is 0 Å². The van der Waals surface area contributed by atoms with E-state index in [1.807, 2.05) is 32.9 Å². The van der Waals surface area contributed by atoms with E-state index in [0.29, 0.717) is 18.0 Å². The molecule has 0 amide bonds. The monoisotopic (exact) mass is 270 g/mol. The van der Waals surface area contributed by atoms with Gasteiger partial charge in [0.2, 0.25) is 10.0 Å². The minimum atomic E-state index is -3.30. The van der Waals surface area contributed by atoms with Gasteiger partial charge in [-0.15, -0.1) is 0 Å². The summed E-state index contributed by atoms with van der Waals surface area (Å²) in [6, 6.07) is 7.12. The summed E-state index contributed by atoms with van der Waals surface area (Å²) in [6.45, 7) is 8.39. The molecule has 1 aliphatic heterocycles. The van der Waals surface area contributed by atoms with Crippen LogP contribution in [-0.2, 0) is 10.0 Å². The van der Waals surface area contributed by atoms with Crippen LogP contribution in [0.1, 0.15) is 19.4 Å². The molecule has 1 fully saturated rings. The van der Waals surface area contributed by atoms with Gasteiger partial charge in [0.15, 0.2) is 0 Å². The summed E-state index contributed by atoms with van der Waals surface area (Å²) in [5.41, 5.74) is 0.807. The molecule has 0 bridgehead atoms. The van der Waals surface area contributed by atoms with Gasteiger partial charge >= 0.3 is 0 Å². The fourth-order valence-corrected chi connectivity index (χ4v) is 3.54. The lowest BCUT2D eigenvalue weighted by Gasteiger charge is -2.27. The van der Waals surface area contributed by atoms with Crippen LogP contribution >= 0.6 is 0 Å². The third-order valence-corrected chi connectivity index (χ3v) is 4.85. The molecule has 4 nitrogen and oxygen atoms in total. The predicted molar refractivity (Wildman–Crippen MR) is 74.2 cm³/mol. The molecule has 0 atom stereocenters. The second-order valence-corrected chi connectivity index (χ2v) is 5.83. The highest BCUT2D eigenvalue weighted by atomic mass is 32.2. The van der Waals surface area contributed by atoms with Gasteiger partial charge in [0, 0.05) is 26.2 Å². The molecule has 1 aromatic carbocycles. The van der Waals surface area contributed by atoms with E-state index in [-0.39, 0.29) is 0 Å². The van der Waals surface area contributed by atoms with Crippen molar-refractivity contribution >= 4 is 10.0 Å². The average Bonchev–Trinajstić information content (AvgIpc) is 2.42. The minimum Gasteiger partial charge on any atom is -0.314 e. The molecular weight excluding hydrogens is 248 g/mol. The van der Waals surface area contributed by atoms with Gasteiger partial charge in [-0.3, -0.25) is 0 Å². The number of benzene rings is 1. The highest BCUT2D eigenvalue weighted by Gasteiger charge is 2.26. The number of nitrogens with one attached hydrogen (secondary N) is 1. The summed E-state index contributed by atoms with van der Waals surface area (Å²) in [7, 11) is -3.30. The van der Waals surface area contributed by atoms with Gasteiger partial charge in [0.05, 0.1) is 4.90 Å². The molecule has 1 N–H and O–H groups in total. The van der Waals surface area contributed by atoms with Crippen molar-refractivity contribution in [1.82, 2.24) is 9.62 Å². The maximum atomic E-state index is 12.3. The zero-order chi connectivity index (χ0) is 13.6. The Hall–Kier alpha value is -0.910. The Morgan fingerprint density at radius 1 is 1.11 bits per heavy atom. The molecule has 0 aromatic heterocycles. The van der Waals surface area contributed by atoms with E-state index in [1.165, 1.54) is 0 Å². The van der Waals surface area contributed by atoms with Crippen LogP contribution in [-0.4, -0.2) is 38.9 Å². The molecule has 1 heterocycles. The minimum absolute atomic E-state index is 0.428. The van der Waals surface area contributed by atoms with Crippen molar-refractivity contribution < 1.29 is 8.42 Å². The van der Waals surface area contributed by atoms with Crippen molar-refractivity contribution in [2.24, 2.45) is 0 Å². The number of hydrogen-bond acceptors (Lipinski definition) is 3. The van der Waals surface area contributed by atoms with E-state index < -0.39 is 10.0 Å². The Balaban J connectivity index is 0.000000771. The number of sulfonamides is 1. The summed E-state index contributed by atoms with van der Waals surface area (Å²) in [6.07, 6.45) is 0. The first-order valence-electron chi connectivity index (χ1n) is 6.39. The van der Waals surface area contributed by atoms with E-state index in [1.54, 1.807) is 16.4 Å². The Morgan fingerprint density at radius 2 is 1.67 bits per heavy atom. The third kappa shape index (κ3) is 3.31. The van der Waals surface area contributed by atoms with E-state index in [2.05, 4.69) is 5.32 Å². The maximum Gasteiger partial charge on any atom is 0.243 e. The lowest BCUT2D eigenvalue weighted by Crippen LogP contribution is -2.46. The van der Waals surface area contributed by atoms with Gasteiger partial charge in [0.1, 0.15) is 0 Å². The van der Waals surface area contributed by atoms with Crippen molar-refractivity contribution in [3.05, 3.63) is 29.8 Å². The van der Waals surface area contributed by atoms with Gasteiger partial charge in [-0.25, -0.2) is 8.42 Å². The van der Waals surface area contributed by atoms with E-state index >= 15 is 0 Å². The first kappa shape index (κ1) is 15.1. The topological polar surface area (TPSA) is 49.4 Å². The molecule has 1 aliphatic rings. The maximum absolute atomic E-state index is 12.3. The second kappa shape index (κ2) is 6.87. The standard InChI is InChI=1S/C11H16N2O2S.C2H6/c1-10-4-2-3-5-11(10)16(14,15)13-8-6-12-7-9-13;1-2/h2-5,12H,6-9H2,1H3;1-2H3. The summed E-state index contributed by atoms with van der Waals surface area (Å²) >= 11 is 0. The Labute approximate surface area is 110 Å². The van der Waals surface area contributed by atoms with E-state index in [0.717, 1.165) is 18.7 Å². The van der Waals surface area contributed by atoms with Crippen molar-refractivity contribution in [2.45, 2.75) is 25.7 Å². The molecular formula is C13H22N2O2S. The van der Waals surface area contributed by atoms with E-state index in [9.17, 15) is 8.42 Å². The van der Waals surface area contributed by atoms with Crippen molar-refractivity contribution in [1.29, 1.82) is 0 Å². The first-order valence-corrected chi connectivity index (χ1v) is 7.83. The molecule has 0 radical (unpaired) electrons. The van der Waals surface area contributed by atoms with Crippen LogP contribution in [0.25, 0.3) is 0 Å². The molecule has 5 heteroatoms. The van der Waals surface area contributed by atoms with Crippen LogP contribution in [0.2, 0.25) is 0 Å². The molecule has 18 heavy (non-hydrogen) atoms. The number of nitrogens with zero attached hydrogens (tertiary/aromatic N) is 1. The van der Waals surface area contributed by atoms with Gasteiger partial charge in [-0.1, -0.05) is 32.0 Å². The zero-order valence-corrected chi connectivity index (χ0v) is 12.1. The quantitative estimate of drug-likeness (QED) is 0.888. The van der Waals surface area contributed by atoms with Crippen molar-refractivity contribution in [2.75, 3.05) is 26.2 Å². The molecule has 0 saturated carbocycles. The fraction of sp³-hybridized carbons (Fsp3) is 0.538. The van der Waals surface area contributed by atoms with Crippen molar-refractivity contribution in [3.8, 4) is 0 Å². The van der Waals surface area contributed by atoms with Crippen LogP contribution in [0.15, 0.2) is 29.2 Å². The number of aryl methyl sites for hydroxylation is 1.